The summed E-state index contributed by atoms with van der Waals surface area (Å²) in [6.45, 7) is 4.73. The lowest BCUT2D eigenvalue weighted by Crippen LogP contribution is -2.25. The molecule has 0 aliphatic heterocycles. The van der Waals surface area contributed by atoms with Gasteiger partial charge in [0.15, 0.2) is 0 Å². The molecule has 0 aliphatic rings. The zero-order chi connectivity index (χ0) is 18.9. The molecule has 6 heteroatoms. The molecule has 0 atom stereocenters. The van der Waals surface area contributed by atoms with E-state index in [9.17, 15) is 9.59 Å². The average molecular weight is 374 g/mol. The molecule has 2 amide bonds. The number of carbonyl (C=O) groups is 2. The Hall–Kier alpha value is -2.53. The van der Waals surface area contributed by atoms with Gasteiger partial charge in [0.2, 0.25) is 5.91 Å². The maximum Gasteiger partial charge on any atom is 0.251 e. The summed E-state index contributed by atoms with van der Waals surface area (Å²) in [5, 5.41) is 9.31. The normalized spacial score (nSPS) is 10.3. The number of benzene rings is 2. The summed E-state index contributed by atoms with van der Waals surface area (Å²) in [6.07, 6.45) is 1.98. The number of nitrogens with one attached hydrogen (secondary N) is 3. The Morgan fingerprint density at radius 1 is 1.12 bits per heavy atom. The molecule has 0 radical (unpaired) electrons. The summed E-state index contributed by atoms with van der Waals surface area (Å²) < 4.78 is 0. The van der Waals surface area contributed by atoms with Gasteiger partial charge in [-0.1, -0.05) is 37.1 Å². The fraction of sp³-hybridized carbons (Fsp3) is 0.300. The molecule has 0 fully saturated rings. The van der Waals surface area contributed by atoms with E-state index in [-0.39, 0.29) is 18.4 Å². The summed E-state index contributed by atoms with van der Waals surface area (Å²) in [4.78, 5) is 24.2. The maximum absolute atomic E-state index is 12.1. The van der Waals surface area contributed by atoms with E-state index in [2.05, 4.69) is 22.9 Å². The Labute approximate surface area is 159 Å². The van der Waals surface area contributed by atoms with E-state index in [0.717, 1.165) is 18.4 Å². The molecule has 0 saturated carbocycles. The highest BCUT2D eigenvalue weighted by Gasteiger charge is 2.08. The van der Waals surface area contributed by atoms with Crippen molar-refractivity contribution in [3.8, 4) is 0 Å². The number of hydrogen-bond acceptors (Lipinski definition) is 3. The van der Waals surface area contributed by atoms with Crippen LogP contribution in [-0.4, -0.2) is 24.9 Å². The Morgan fingerprint density at radius 2 is 1.92 bits per heavy atom. The van der Waals surface area contributed by atoms with Crippen LogP contribution >= 0.6 is 11.6 Å². The molecule has 0 saturated heterocycles. The summed E-state index contributed by atoms with van der Waals surface area (Å²) in [5.41, 5.74) is 2.91. The van der Waals surface area contributed by atoms with Gasteiger partial charge < -0.3 is 16.0 Å². The van der Waals surface area contributed by atoms with Crippen molar-refractivity contribution in [3.63, 3.8) is 0 Å². The first-order valence-electron chi connectivity index (χ1n) is 8.67. The fourth-order valence-corrected chi connectivity index (χ4v) is 2.53. The smallest absolute Gasteiger partial charge is 0.251 e. The monoisotopic (exact) mass is 373 g/mol. The van der Waals surface area contributed by atoms with Crippen molar-refractivity contribution in [2.45, 2.75) is 26.7 Å². The van der Waals surface area contributed by atoms with Gasteiger partial charge in [-0.25, -0.2) is 0 Å². The average Bonchev–Trinajstić information content (AvgIpc) is 2.63. The quantitative estimate of drug-likeness (QED) is 0.606. The number of aryl methyl sites for hydroxylation is 1. The van der Waals surface area contributed by atoms with Crippen LogP contribution in [0.5, 0.6) is 0 Å². The molecule has 26 heavy (non-hydrogen) atoms. The van der Waals surface area contributed by atoms with E-state index in [1.807, 2.05) is 19.1 Å². The molecule has 138 valence electrons. The van der Waals surface area contributed by atoms with Crippen LogP contribution in [0.4, 0.5) is 11.4 Å². The van der Waals surface area contributed by atoms with Gasteiger partial charge in [-0.15, -0.1) is 0 Å². The predicted octanol–water partition coefficient (Wildman–Crippen LogP) is 4.23. The van der Waals surface area contributed by atoms with Gasteiger partial charge in [0.25, 0.3) is 5.91 Å². The first-order valence-corrected chi connectivity index (χ1v) is 9.05. The molecule has 0 bridgehead atoms. The third-order valence-corrected chi connectivity index (χ3v) is 4.10. The highest BCUT2D eigenvalue weighted by atomic mass is 35.5. The van der Waals surface area contributed by atoms with Crippen molar-refractivity contribution in [1.82, 2.24) is 5.32 Å². The fourth-order valence-electron chi connectivity index (χ4n) is 2.36. The molecule has 3 N–H and O–H groups in total. The van der Waals surface area contributed by atoms with Gasteiger partial charge in [-0.05, 0) is 49.2 Å². The second-order valence-electron chi connectivity index (χ2n) is 6.05. The largest absolute Gasteiger partial charge is 0.376 e. The lowest BCUT2D eigenvalue weighted by Gasteiger charge is -2.11. The van der Waals surface area contributed by atoms with Crippen molar-refractivity contribution in [2.75, 3.05) is 23.7 Å². The van der Waals surface area contributed by atoms with E-state index in [1.165, 1.54) is 0 Å². The Kier molecular flexibility index (Phi) is 7.48. The Bertz CT molecular complexity index is 777. The lowest BCUT2D eigenvalue weighted by molar-refractivity contribution is -0.114. The Morgan fingerprint density at radius 3 is 2.69 bits per heavy atom. The van der Waals surface area contributed by atoms with E-state index >= 15 is 0 Å². The molecular formula is C20H24ClN3O2. The molecule has 2 aromatic carbocycles. The lowest BCUT2D eigenvalue weighted by atomic mass is 10.2. The summed E-state index contributed by atoms with van der Waals surface area (Å²) in [7, 11) is 0. The number of halogens is 1. The van der Waals surface area contributed by atoms with Gasteiger partial charge in [0.1, 0.15) is 0 Å². The third-order valence-electron chi connectivity index (χ3n) is 3.87. The highest BCUT2D eigenvalue weighted by Crippen LogP contribution is 2.20. The number of amides is 2. The molecular weight excluding hydrogens is 350 g/mol. The van der Waals surface area contributed by atoms with E-state index in [0.29, 0.717) is 28.5 Å². The van der Waals surface area contributed by atoms with Crippen molar-refractivity contribution in [2.24, 2.45) is 0 Å². The van der Waals surface area contributed by atoms with Crippen LogP contribution in [0.1, 0.15) is 35.7 Å². The van der Waals surface area contributed by atoms with Crippen LogP contribution in [0.2, 0.25) is 5.02 Å². The summed E-state index contributed by atoms with van der Waals surface area (Å²) >= 11 is 5.96. The highest BCUT2D eigenvalue weighted by molar-refractivity contribution is 6.31. The van der Waals surface area contributed by atoms with E-state index in [1.54, 1.807) is 30.3 Å². The van der Waals surface area contributed by atoms with Gasteiger partial charge in [-0.2, -0.15) is 0 Å². The van der Waals surface area contributed by atoms with Crippen LogP contribution in [-0.2, 0) is 4.79 Å². The summed E-state index contributed by atoms with van der Waals surface area (Å²) in [5.74, 6) is -0.297. The van der Waals surface area contributed by atoms with Crippen molar-refractivity contribution in [3.05, 3.63) is 58.6 Å². The summed E-state index contributed by atoms with van der Waals surface area (Å²) in [6, 6.07) is 12.4. The predicted molar refractivity (Wildman–Crippen MR) is 107 cm³/mol. The van der Waals surface area contributed by atoms with Crippen LogP contribution in [0, 0.1) is 6.92 Å². The van der Waals surface area contributed by atoms with Gasteiger partial charge in [-0.3, -0.25) is 9.59 Å². The topological polar surface area (TPSA) is 70.2 Å². The first kappa shape index (κ1) is 19.8. The number of carbonyl (C=O) groups excluding carboxylic acids is 2. The molecule has 2 aromatic rings. The molecule has 5 nitrogen and oxygen atoms in total. The van der Waals surface area contributed by atoms with Crippen LogP contribution in [0.25, 0.3) is 0 Å². The van der Waals surface area contributed by atoms with Crippen molar-refractivity contribution in [1.29, 1.82) is 0 Å². The third kappa shape index (κ3) is 6.08. The van der Waals surface area contributed by atoms with Gasteiger partial charge >= 0.3 is 0 Å². The molecule has 0 aliphatic carbocycles. The second-order valence-corrected chi connectivity index (χ2v) is 6.49. The minimum atomic E-state index is -0.187. The number of rotatable bonds is 8. The minimum absolute atomic E-state index is 0.0901. The van der Waals surface area contributed by atoms with Gasteiger partial charge in [0.05, 0.1) is 6.54 Å². The van der Waals surface area contributed by atoms with Crippen LogP contribution in [0.15, 0.2) is 42.5 Å². The second kappa shape index (κ2) is 9.82. The van der Waals surface area contributed by atoms with Crippen LogP contribution in [0.3, 0.4) is 0 Å². The zero-order valence-corrected chi connectivity index (χ0v) is 15.8. The first-order chi connectivity index (χ1) is 12.5. The molecule has 0 aromatic heterocycles. The van der Waals surface area contributed by atoms with Crippen LogP contribution < -0.4 is 16.0 Å². The standard InChI is InChI=1S/C20H24ClN3O2/c1-3-4-10-22-20(26)15-6-5-7-17(11-15)23-13-19(25)24-18-12-16(21)9-8-14(18)2/h5-9,11-12,23H,3-4,10,13H2,1-2H3,(H,22,26)(H,24,25). The number of unbranched alkanes of at least 4 members (excludes halogenated alkanes) is 1. The number of hydrogen-bond donors (Lipinski definition) is 3. The molecule has 0 unspecified atom stereocenters. The minimum Gasteiger partial charge on any atom is -0.376 e. The van der Waals surface area contributed by atoms with E-state index < -0.39 is 0 Å². The zero-order valence-electron chi connectivity index (χ0n) is 15.1. The molecule has 0 spiro atoms. The molecule has 0 heterocycles. The number of anilines is 2. The van der Waals surface area contributed by atoms with Crippen molar-refractivity contribution < 1.29 is 9.59 Å². The molecule has 2 rings (SSSR count). The van der Waals surface area contributed by atoms with Crippen molar-refractivity contribution >= 4 is 34.8 Å². The maximum atomic E-state index is 12.1. The Balaban J connectivity index is 1.90. The van der Waals surface area contributed by atoms with Gasteiger partial charge in [0, 0.05) is 28.5 Å². The SMILES string of the molecule is CCCCNC(=O)c1cccc(NCC(=O)Nc2cc(Cl)ccc2C)c1. The van der Waals surface area contributed by atoms with E-state index in [4.69, 9.17) is 11.6 Å².